The third-order valence-corrected chi connectivity index (χ3v) is 3.97. The molecule has 0 amide bonds. The van der Waals surface area contributed by atoms with E-state index in [2.05, 4.69) is 0 Å². The quantitative estimate of drug-likeness (QED) is 0.243. The molecule has 0 spiro atoms. The smallest absolute Gasteiger partial charge is 0.189 e. The Balaban J connectivity index is 2.07. The Morgan fingerprint density at radius 1 is 0.565 bits per heavy atom. The zero-order chi connectivity index (χ0) is 17.3. The van der Waals surface area contributed by atoms with Crippen molar-refractivity contribution in [3.63, 3.8) is 0 Å². The Morgan fingerprint density at radius 3 is 1.22 bits per heavy atom. The molecule has 0 aromatic heterocycles. The molecule has 2 saturated heterocycles. The molecule has 0 aromatic rings. The number of ether oxygens (including phenoxy) is 3. The van der Waals surface area contributed by atoms with E-state index in [1.54, 1.807) is 0 Å². The molecule has 11 heteroatoms. The van der Waals surface area contributed by atoms with E-state index < -0.39 is 74.6 Å². The van der Waals surface area contributed by atoms with Crippen molar-refractivity contribution >= 4 is 0 Å². The summed E-state index contributed by atoms with van der Waals surface area (Å²) in [5.74, 6) is 0. The maximum Gasteiger partial charge on any atom is 0.189 e. The highest BCUT2D eigenvalue weighted by Gasteiger charge is 2.49. The van der Waals surface area contributed by atoms with Gasteiger partial charge in [-0.3, -0.25) is 0 Å². The van der Waals surface area contributed by atoms with Gasteiger partial charge in [-0.15, -0.1) is 0 Å². The summed E-state index contributed by atoms with van der Waals surface area (Å²) in [6.45, 7) is -1.33. The molecule has 2 rings (SSSR count). The van der Waals surface area contributed by atoms with Crippen molar-refractivity contribution in [1.29, 1.82) is 0 Å². The predicted octanol–water partition coefficient (Wildman–Crippen LogP) is -5.40. The van der Waals surface area contributed by atoms with Gasteiger partial charge in [0.2, 0.25) is 0 Å². The summed E-state index contributed by atoms with van der Waals surface area (Å²) in [5, 5.41) is 76.4. The third kappa shape index (κ3) is 3.65. The van der Waals surface area contributed by atoms with E-state index in [1.807, 2.05) is 0 Å². The highest BCUT2D eigenvalue weighted by molar-refractivity contribution is 4.92. The standard InChI is InChI=1S/C12H22O11/c13-1-3-5(15)7(17)9(19)11(21-3)23-12-10(20)8(18)6(16)4(2-14)22-12/h3-20H,1-2H2/t3-,4+,5+,6-,7-,8+,9-,10+,11-,12-/m0/s1. The number of aliphatic hydroxyl groups excluding tert-OH is 8. The second kappa shape index (κ2) is 7.63. The summed E-state index contributed by atoms with van der Waals surface area (Å²) in [5.41, 5.74) is 0. The van der Waals surface area contributed by atoms with E-state index in [0.29, 0.717) is 0 Å². The molecule has 11 nitrogen and oxygen atoms in total. The molecule has 2 aliphatic rings. The highest BCUT2D eigenvalue weighted by Crippen LogP contribution is 2.27. The first-order valence-electron chi connectivity index (χ1n) is 7.08. The first-order chi connectivity index (χ1) is 10.8. The maximum absolute atomic E-state index is 9.84. The van der Waals surface area contributed by atoms with E-state index in [0.717, 1.165) is 0 Å². The van der Waals surface area contributed by atoms with Crippen LogP contribution in [0.5, 0.6) is 0 Å². The van der Waals surface area contributed by atoms with Crippen molar-refractivity contribution in [2.24, 2.45) is 0 Å². The molecule has 0 aromatic carbocycles. The average Bonchev–Trinajstić information content (AvgIpc) is 2.55. The van der Waals surface area contributed by atoms with Crippen LogP contribution in [0.1, 0.15) is 0 Å². The van der Waals surface area contributed by atoms with Gasteiger partial charge in [0.25, 0.3) is 0 Å². The number of rotatable bonds is 4. The molecule has 0 bridgehead atoms. The molecule has 8 N–H and O–H groups in total. The molecule has 0 aliphatic carbocycles. The van der Waals surface area contributed by atoms with Gasteiger partial charge in [-0.25, -0.2) is 0 Å². The highest BCUT2D eigenvalue weighted by atomic mass is 16.8. The maximum atomic E-state index is 9.84. The molecule has 0 radical (unpaired) electrons. The van der Waals surface area contributed by atoms with Gasteiger partial charge < -0.3 is 55.1 Å². The Morgan fingerprint density at radius 2 is 0.913 bits per heavy atom. The summed E-state index contributed by atoms with van der Waals surface area (Å²) in [4.78, 5) is 0. The number of aliphatic hydroxyl groups is 8. The fourth-order valence-corrected chi connectivity index (χ4v) is 2.49. The number of hydrogen-bond acceptors (Lipinski definition) is 11. The summed E-state index contributed by atoms with van der Waals surface area (Å²) in [7, 11) is 0. The lowest BCUT2D eigenvalue weighted by Gasteiger charge is -2.44. The third-order valence-electron chi connectivity index (χ3n) is 3.97. The first kappa shape index (κ1) is 18.9. The van der Waals surface area contributed by atoms with Crippen LogP contribution in [0.4, 0.5) is 0 Å². The molecule has 10 atom stereocenters. The van der Waals surface area contributed by atoms with Gasteiger partial charge in [0.05, 0.1) is 13.2 Å². The van der Waals surface area contributed by atoms with Crippen molar-refractivity contribution in [2.75, 3.05) is 13.2 Å². The second-order valence-electron chi connectivity index (χ2n) is 5.53. The Kier molecular flexibility index (Phi) is 6.27. The lowest BCUT2D eigenvalue weighted by Crippen LogP contribution is -2.63. The Labute approximate surface area is 130 Å². The monoisotopic (exact) mass is 342 g/mol. The molecular weight excluding hydrogens is 320 g/mol. The molecule has 2 fully saturated rings. The Hall–Kier alpha value is -0.440. The van der Waals surface area contributed by atoms with Crippen LogP contribution >= 0.6 is 0 Å². The van der Waals surface area contributed by atoms with Gasteiger partial charge in [-0.05, 0) is 0 Å². The zero-order valence-corrected chi connectivity index (χ0v) is 12.0. The van der Waals surface area contributed by atoms with Crippen molar-refractivity contribution in [3.05, 3.63) is 0 Å². The van der Waals surface area contributed by atoms with Gasteiger partial charge in [-0.2, -0.15) is 0 Å². The van der Waals surface area contributed by atoms with Crippen molar-refractivity contribution in [1.82, 2.24) is 0 Å². The molecular formula is C12H22O11. The summed E-state index contributed by atoms with van der Waals surface area (Å²) >= 11 is 0. The van der Waals surface area contributed by atoms with E-state index >= 15 is 0 Å². The van der Waals surface area contributed by atoms with Crippen LogP contribution in [0.3, 0.4) is 0 Å². The summed E-state index contributed by atoms with van der Waals surface area (Å²) < 4.78 is 15.3. The lowest BCUT2D eigenvalue weighted by molar-refractivity contribution is -0.376. The molecule has 23 heavy (non-hydrogen) atoms. The molecule has 2 aliphatic heterocycles. The molecule has 2 heterocycles. The predicted molar refractivity (Wildman–Crippen MR) is 68.6 cm³/mol. The van der Waals surface area contributed by atoms with Gasteiger partial charge >= 0.3 is 0 Å². The van der Waals surface area contributed by atoms with E-state index in [9.17, 15) is 30.6 Å². The van der Waals surface area contributed by atoms with Crippen LogP contribution in [0, 0.1) is 0 Å². The van der Waals surface area contributed by atoms with Gasteiger partial charge in [0.1, 0.15) is 48.8 Å². The van der Waals surface area contributed by atoms with Gasteiger partial charge in [-0.1, -0.05) is 0 Å². The zero-order valence-electron chi connectivity index (χ0n) is 12.0. The minimum absolute atomic E-state index is 0.667. The topological polar surface area (TPSA) is 190 Å². The average molecular weight is 342 g/mol. The normalized spacial score (nSPS) is 51.7. The summed E-state index contributed by atoms with van der Waals surface area (Å²) in [6, 6.07) is 0. The molecule has 136 valence electrons. The van der Waals surface area contributed by atoms with Gasteiger partial charge in [0.15, 0.2) is 12.6 Å². The SMILES string of the molecule is OC[C@@H]1O[C@@H](O[C@@H]2O[C@H](CO)[C@H](O)[C@@H](O)[C@H]2O)[C@@H](O)[C@@H](O)[C@@H]1O. The Bertz CT molecular complexity index is 344. The van der Waals surface area contributed by atoms with Crippen molar-refractivity contribution < 1.29 is 55.1 Å². The minimum Gasteiger partial charge on any atom is -0.394 e. The molecule has 0 saturated carbocycles. The van der Waals surface area contributed by atoms with Crippen LogP contribution in [-0.2, 0) is 14.2 Å². The van der Waals surface area contributed by atoms with Crippen LogP contribution in [0.2, 0.25) is 0 Å². The van der Waals surface area contributed by atoms with Crippen molar-refractivity contribution in [2.45, 2.75) is 61.4 Å². The minimum atomic E-state index is -1.72. The van der Waals surface area contributed by atoms with Crippen LogP contribution in [-0.4, -0.2) is 115 Å². The van der Waals surface area contributed by atoms with E-state index in [-0.39, 0.29) is 0 Å². The number of hydrogen-bond donors (Lipinski definition) is 8. The fraction of sp³-hybridized carbons (Fsp3) is 1.00. The van der Waals surface area contributed by atoms with E-state index in [4.69, 9.17) is 24.4 Å². The largest absolute Gasteiger partial charge is 0.394 e. The molecule has 0 unspecified atom stereocenters. The van der Waals surface area contributed by atoms with Crippen LogP contribution < -0.4 is 0 Å². The summed E-state index contributed by atoms with van der Waals surface area (Å²) in [6.07, 6.45) is -15.6. The fourth-order valence-electron chi connectivity index (χ4n) is 2.49. The lowest BCUT2D eigenvalue weighted by atomic mass is 9.98. The second-order valence-corrected chi connectivity index (χ2v) is 5.53. The van der Waals surface area contributed by atoms with Crippen molar-refractivity contribution in [3.8, 4) is 0 Å². The van der Waals surface area contributed by atoms with Crippen LogP contribution in [0.15, 0.2) is 0 Å². The first-order valence-corrected chi connectivity index (χ1v) is 7.08. The van der Waals surface area contributed by atoms with Crippen LogP contribution in [0.25, 0.3) is 0 Å². The van der Waals surface area contributed by atoms with E-state index in [1.165, 1.54) is 0 Å². The van der Waals surface area contributed by atoms with Gasteiger partial charge in [0, 0.05) is 0 Å².